The highest BCUT2D eigenvalue weighted by atomic mass is 16.6. The molecule has 0 fully saturated rings. The van der Waals surface area contributed by atoms with Crippen LogP contribution in [0.5, 0.6) is 0 Å². The number of nitro groups is 1. The van der Waals surface area contributed by atoms with Crippen LogP contribution >= 0.6 is 0 Å². The Labute approximate surface area is 119 Å². The molecule has 0 bridgehead atoms. The van der Waals surface area contributed by atoms with Gasteiger partial charge >= 0.3 is 5.97 Å². The largest absolute Gasteiger partial charge is 0.480 e. The SMILES string of the molecule is C=CCN(CC(=O)O)c1ncnc2ccc([N+](=O)[O-])cc12. The fraction of sp³-hybridized carbons (Fsp3) is 0.154. The number of hydrogen-bond donors (Lipinski definition) is 1. The number of fused-ring (bicyclic) bond motifs is 1. The number of non-ortho nitro benzene ring substituents is 1. The highest BCUT2D eigenvalue weighted by Crippen LogP contribution is 2.26. The molecule has 2 rings (SSSR count). The molecule has 1 aromatic heterocycles. The lowest BCUT2D eigenvalue weighted by Crippen LogP contribution is -2.30. The zero-order valence-electron chi connectivity index (χ0n) is 11.0. The van der Waals surface area contributed by atoms with Crippen LogP contribution in [-0.4, -0.2) is 39.1 Å². The van der Waals surface area contributed by atoms with Gasteiger partial charge in [-0.1, -0.05) is 6.08 Å². The number of carbonyl (C=O) groups is 1. The molecular weight excluding hydrogens is 276 g/mol. The Bertz CT molecular complexity index is 716. The van der Waals surface area contributed by atoms with Crippen LogP contribution in [-0.2, 0) is 4.79 Å². The summed E-state index contributed by atoms with van der Waals surface area (Å²) in [5.74, 6) is -0.708. The first-order valence-corrected chi connectivity index (χ1v) is 5.99. The summed E-state index contributed by atoms with van der Waals surface area (Å²) in [6.45, 7) is 3.53. The fourth-order valence-electron chi connectivity index (χ4n) is 1.94. The Morgan fingerprint density at radius 3 is 2.86 bits per heavy atom. The van der Waals surface area contributed by atoms with Gasteiger partial charge in [0.05, 0.1) is 10.4 Å². The van der Waals surface area contributed by atoms with Crippen molar-refractivity contribution in [2.24, 2.45) is 0 Å². The van der Waals surface area contributed by atoms with Gasteiger partial charge in [0, 0.05) is 24.1 Å². The van der Waals surface area contributed by atoms with E-state index >= 15 is 0 Å². The molecule has 0 saturated heterocycles. The molecule has 0 spiro atoms. The minimum atomic E-state index is -1.03. The molecule has 0 aliphatic heterocycles. The van der Waals surface area contributed by atoms with Crippen molar-refractivity contribution in [1.82, 2.24) is 9.97 Å². The van der Waals surface area contributed by atoms with Gasteiger partial charge in [-0.05, 0) is 6.07 Å². The Morgan fingerprint density at radius 1 is 1.48 bits per heavy atom. The van der Waals surface area contributed by atoms with Crippen molar-refractivity contribution in [2.75, 3.05) is 18.0 Å². The van der Waals surface area contributed by atoms with Crippen molar-refractivity contribution in [1.29, 1.82) is 0 Å². The Balaban J connectivity index is 2.59. The minimum Gasteiger partial charge on any atom is -0.480 e. The number of anilines is 1. The number of hydrogen-bond acceptors (Lipinski definition) is 6. The zero-order valence-corrected chi connectivity index (χ0v) is 11.0. The average molecular weight is 288 g/mol. The van der Waals surface area contributed by atoms with Crippen LogP contribution in [0.1, 0.15) is 0 Å². The van der Waals surface area contributed by atoms with Crippen molar-refractivity contribution in [3.8, 4) is 0 Å². The van der Waals surface area contributed by atoms with E-state index in [0.29, 0.717) is 16.7 Å². The molecule has 0 amide bonds. The van der Waals surface area contributed by atoms with Gasteiger partial charge in [-0.25, -0.2) is 9.97 Å². The molecule has 0 radical (unpaired) electrons. The van der Waals surface area contributed by atoms with E-state index < -0.39 is 10.9 Å². The van der Waals surface area contributed by atoms with Crippen LogP contribution < -0.4 is 4.90 Å². The number of carboxylic acid groups (broad SMARTS) is 1. The number of benzene rings is 1. The maximum atomic E-state index is 10.9. The van der Waals surface area contributed by atoms with E-state index in [-0.39, 0.29) is 18.8 Å². The van der Waals surface area contributed by atoms with Gasteiger partial charge in [-0.3, -0.25) is 14.9 Å². The van der Waals surface area contributed by atoms with Gasteiger partial charge in [-0.2, -0.15) is 0 Å². The highest BCUT2D eigenvalue weighted by molar-refractivity contribution is 5.92. The summed E-state index contributed by atoms with van der Waals surface area (Å²) in [7, 11) is 0. The number of nitrogens with zero attached hydrogens (tertiary/aromatic N) is 4. The third kappa shape index (κ3) is 3.11. The lowest BCUT2D eigenvalue weighted by Gasteiger charge is -2.20. The Hall–Kier alpha value is -3.03. The Morgan fingerprint density at radius 2 is 2.24 bits per heavy atom. The monoisotopic (exact) mass is 288 g/mol. The van der Waals surface area contributed by atoms with Gasteiger partial charge in [-0.15, -0.1) is 6.58 Å². The van der Waals surface area contributed by atoms with Crippen molar-refractivity contribution in [3.05, 3.63) is 47.3 Å². The van der Waals surface area contributed by atoms with Gasteiger partial charge in [0.1, 0.15) is 18.7 Å². The van der Waals surface area contributed by atoms with Crippen LogP contribution in [0.25, 0.3) is 10.9 Å². The van der Waals surface area contributed by atoms with E-state index in [2.05, 4.69) is 16.5 Å². The molecule has 8 heteroatoms. The lowest BCUT2D eigenvalue weighted by atomic mass is 10.2. The van der Waals surface area contributed by atoms with E-state index in [9.17, 15) is 14.9 Å². The fourth-order valence-corrected chi connectivity index (χ4v) is 1.94. The summed E-state index contributed by atoms with van der Waals surface area (Å²) in [5, 5.41) is 20.3. The molecule has 8 nitrogen and oxygen atoms in total. The van der Waals surface area contributed by atoms with Crippen LogP contribution in [0, 0.1) is 10.1 Å². The summed E-state index contributed by atoms with van der Waals surface area (Å²) in [6, 6.07) is 4.18. The zero-order chi connectivity index (χ0) is 15.4. The first-order valence-electron chi connectivity index (χ1n) is 5.99. The van der Waals surface area contributed by atoms with Crippen LogP contribution in [0.4, 0.5) is 11.5 Å². The molecule has 2 aromatic rings. The third-order valence-corrected chi connectivity index (χ3v) is 2.78. The number of rotatable bonds is 6. The van der Waals surface area contributed by atoms with Crippen molar-refractivity contribution >= 4 is 28.4 Å². The van der Waals surface area contributed by atoms with Crippen LogP contribution in [0.15, 0.2) is 37.2 Å². The van der Waals surface area contributed by atoms with Gasteiger partial charge in [0.15, 0.2) is 0 Å². The van der Waals surface area contributed by atoms with E-state index in [4.69, 9.17) is 5.11 Å². The lowest BCUT2D eigenvalue weighted by molar-refractivity contribution is -0.384. The van der Waals surface area contributed by atoms with Crippen LogP contribution in [0.3, 0.4) is 0 Å². The molecule has 1 heterocycles. The maximum Gasteiger partial charge on any atom is 0.323 e. The van der Waals surface area contributed by atoms with Gasteiger partial charge in [0.2, 0.25) is 0 Å². The smallest absolute Gasteiger partial charge is 0.323 e. The summed E-state index contributed by atoms with van der Waals surface area (Å²) < 4.78 is 0. The number of nitro benzene ring substituents is 1. The molecule has 21 heavy (non-hydrogen) atoms. The second-order valence-electron chi connectivity index (χ2n) is 4.22. The van der Waals surface area contributed by atoms with Gasteiger partial charge in [0.25, 0.3) is 5.69 Å². The normalized spacial score (nSPS) is 10.3. The molecule has 0 unspecified atom stereocenters. The number of aromatic nitrogens is 2. The first kappa shape index (κ1) is 14.4. The van der Waals surface area contributed by atoms with E-state index in [1.54, 1.807) is 0 Å². The second kappa shape index (κ2) is 5.95. The van der Waals surface area contributed by atoms with Crippen molar-refractivity contribution < 1.29 is 14.8 Å². The van der Waals surface area contributed by atoms with Crippen molar-refractivity contribution in [3.63, 3.8) is 0 Å². The molecule has 0 aliphatic rings. The molecule has 0 aliphatic carbocycles. The summed E-state index contributed by atoms with van der Waals surface area (Å²) in [6.07, 6.45) is 2.83. The second-order valence-corrected chi connectivity index (χ2v) is 4.22. The van der Waals surface area contributed by atoms with Gasteiger partial charge < -0.3 is 10.0 Å². The minimum absolute atomic E-state index is 0.104. The number of aliphatic carboxylic acids is 1. The molecule has 0 atom stereocenters. The van der Waals surface area contributed by atoms with Crippen molar-refractivity contribution in [2.45, 2.75) is 0 Å². The molecule has 1 N–H and O–H groups in total. The highest BCUT2D eigenvalue weighted by Gasteiger charge is 2.16. The summed E-state index contributed by atoms with van der Waals surface area (Å²) in [5.41, 5.74) is 0.400. The molecule has 1 aromatic carbocycles. The van der Waals surface area contributed by atoms with E-state index in [1.165, 1.54) is 35.5 Å². The standard InChI is InChI=1S/C13H12N4O4/c1-2-5-16(7-12(18)19)13-10-6-9(17(20)21)3-4-11(10)14-8-15-13/h2-4,6,8H,1,5,7H2,(H,18,19). The Kier molecular flexibility index (Phi) is 4.07. The topological polar surface area (TPSA) is 109 Å². The predicted octanol–water partition coefficient (Wildman–Crippen LogP) is 1.61. The third-order valence-electron chi connectivity index (χ3n) is 2.78. The summed E-state index contributed by atoms with van der Waals surface area (Å²) >= 11 is 0. The first-order chi connectivity index (χ1) is 10.0. The quantitative estimate of drug-likeness (QED) is 0.488. The molecule has 0 saturated carbocycles. The van der Waals surface area contributed by atoms with Crippen LogP contribution in [0.2, 0.25) is 0 Å². The molecular formula is C13H12N4O4. The maximum absolute atomic E-state index is 10.9. The van der Waals surface area contributed by atoms with E-state index in [0.717, 1.165) is 0 Å². The summed E-state index contributed by atoms with van der Waals surface area (Å²) in [4.78, 5) is 30.8. The predicted molar refractivity (Wildman–Crippen MR) is 76.2 cm³/mol. The number of carboxylic acids is 1. The average Bonchev–Trinajstić information content (AvgIpc) is 2.45. The molecule has 108 valence electrons. The van der Waals surface area contributed by atoms with E-state index in [1.807, 2.05) is 0 Å².